The van der Waals surface area contributed by atoms with E-state index < -0.39 is 0 Å². The normalized spacial score (nSPS) is 11.9. The Hall–Kier alpha value is -2.24. The Labute approximate surface area is 159 Å². The minimum absolute atomic E-state index is 0.0441. The number of hydrogen-bond acceptors (Lipinski definition) is 4. The van der Waals surface area contributed by atoms with Crippen LogP contribution in [0.25, 0.3) is 0 Å². The summed E-state index contributed by atoms with van der Waals surface area (Å²) in [5.41, 5.74) is 0.956. The van der Waals surface area contributed by atoms with Gasteiger partial charge in [0.05, 0.1) is 19.7 Å². The summed E-state index contributed by atoms with van der Waals surface area (Å²) in [4.78, 5) is 14.2. The van der Waals surface area contributed by atoms with Gasteiger partial charge in [-0.3, -0.25) is 9.69 Å². The van der Waals surface area contributed by atoms with Gasteiger partial charge in [0.25, 0.3) is 0 Å². The van der Waals surface area contributed by atoms with Gasteiger partial charge >= 0.3 is 0 Å². The highest BCUT2D eigenvalue weighted by Crippen LogP contribution is 2.24. The highest BCUT2D eigenvalue weighted by atomic mass is 35.5. The maximum atomic E-state index is 12.3. The fourth-order valence-electron chi connectivity index (χ4n) is 2.56. The lowest BCUT2D eigenvalue weighted by molar-refractivity contribution is -0.122. The number of carbonyl (C=O) groups excluding carboxylic acids is 1. The number of rotatable bonds is 9. The molecule has 0 radical (unpaired) electrons. The van der Waals surface area contributed by atoms with E-state index in [4.69, 9.17) is 21.1 Å². The van der Waals surface area contributed by atoms with Crippen molar-refractivity contribution < 1.29 is 14.3 Å². The Kier molecular flexibility index (Phi) is 7.75. The van der Waals surface area contributed by atoms with E-state index in [1.165, 1.54) is 0 Å². The van der Waals surface area contributed by atoms with Crippen LogP contribution in [0.2, 0.25) is 5.02 Å². The van der Waals surface area contributed by atoms with Crippen LogP contribution in [0.5, 0.6) is 11.5 Å². The van der Waals surface area contributed by atoms with Crippen molar-refractivity contribution in [2.24, 2.45) is 0 Å². The summed E-state index contributed by atoms with van der Waals surface area (Å²) in [6.45, 7) is 3.37. The van der Waals surface area contributed by atoms with Crippen LogP contribution >= 0.6 is 11.6 Å². The summed E-state index contributed by atoms with van der Waals surface area (Å²) in [6, 6.07) is 14.8. The molecule has 0 heterocycles. The maximum absolute atomic E-state index is 12.3. The highest BCUT2D eigenvalue weighted by molar-refractivity contribution is 6.30. The summed E-state index contributed by atoms with van der Waals surface area (Å²) in [5.74, 6) is 1.49. The quantitative estimate of drug-likeness (QED) is 0.727. The number of methoxy groups -OCH3 is 1. The number of ether oxygens (including phenoxy) is 2. The summed E-state index contributed by atoms with van der Waals surface area (Å²) < 4.78 is 11.0. The average Bonchev–Trinajstić information content (AvgIpc) is 2.63. The molecule has 1 N–H and O–H groups in total. The van der Waals surface area contributed by atoms with Crippen LogP contribution in [0.15, 0.2) is 48.5 Å². The van der Waals surface area contributed by atoms with Crippen LogP contribution in [0, 0.1) is 0 Å². The van der Waals surface area contributed by atoms with Gasteiger partial charge in [0, 0.05) is 17.1 Å². The van der Waals surface area contributed by atoms with Crippen LogP contribution in [-0.4, -0.2) is 44.7 Å². The third-order valence-corrected chi connectivity index (χ3v) is 4.20. The molecule has 2 rings (SSSR count). The number of benzene rings is 2. The Bertz CT molecular complexity index is 706. The number of hydrogen-bond donors (Lipinski definition) is 1. The lowest BCUT2D eigenvalue weighted by Gasteiger charge is -2.20. The number of likely N-dealkylation sites (N-methyl/N-ethyl adjacent to an activating group) is 1. The van der Waals surface area contributed by atoms with Gasteiger partial charge in [-0.1, -0.05) is 29.8 Å². The number of halogens is 1. The van der Waals surface area contributed by atoms with Crippen molar-refractivity contribution in [1.29, 1.82) is 0 Å². The third-order valence-electron chi connectivity index (χ3n) is 3.95. The molecular formula is C20H25ClN2O3. The molecule has 26 heavy (non-hydrogen) atoms. The summed E-state index contributed by atoms with van der Waals surface area (Å²) in [5, 5.41) is 3.68. The number of carbonyl (C=O) groups is 1. The first kappa shape index (κ1) is 20.1. The van der Waals surface area contributed by atoms with Crippen molar-refractivity contribution in [2.45, 2.75) is 13.0 Å². The van der Waals surface area contributed by atoms with Crippen molar-refractivity contribution in [2.75, 3.05) is 33.9 Å². The molecule has 1 unspecified atom stereocenters. The molecule has 0 aliphatic rings. The molecule has 0 aliphatic heterocycles. The molecule has 0 aliphatic carbocycles. The molecule has 1 amide bonds. The van der Waals surface area contributed by atoms with E-state index in [1.807, 2.05) is 55.3 Å². The molecule has 140 valence electrons. The molecule has 0 bridgehead atoms. The Morgan fingerprint density at radius 2 is 1.88 bits per heavy atom. The molecule has 1 atom stereocenters. The van der Waals surface area contributed by atoms with E-state index in [-0.39, 0.29) is 11.9 Å². The van der Waals surface area contributed by atoms with Crippen LogP contribution in [0.4, 0.5) is 0 Å². The smallest absolute Gasteiger partial charge is 0.234 e. The van der Waals surface area contributed by atoms with Gasteiger partial charge in [-0.2, -0.15) is 0 Å². The minimum Gasteiger partial charge on any atom is -0.496 e. The maximum Gasteiger partial charge on any atom is 0.234 e. The SMILES string of the molecule is COc1ccccc1C(C)NC(=O)CN(C)CCOc1ccc(Cl)cc1. The van der Waals surface area contributed by atoms with Crippen molar-refractivity contribution in [3.63, 3.8) is 0 Å². The van der Waals surface area contributed by atoms with Gasteiger partial charge in [0.2, 0.25) is 5.91 Å². The Balaban J connectivity index is 1.75. The van der Waals surface area contributed by atoms with Gasteiger partial charge in [-0.15, -0.1) is 0 Å². The molecule has 0 spiro atoms. The van der Waals surface area contributed by atoms with Crippen LogP contribution in [0.1, 0.15) is 18.5 Å². The largest absolute Gasteiger partial charge is 0.496 e. The number of nitrogens with zero attached hydrogens (tertiary/aromatic N) is 1. The van der Waals surface area contributed by atoms with Crippen LogP contribution in [0.3, 0.4) is 0 Å². The Morgan fingerprint density at radius 3 is 2.58 bits per heavy atom. The molecule has 2 aromatic carbocycles. The van der Waals surface area contributed by atoms with Gasteiger partial charge in [0.1, 0.15) is 18.1 Å². The molecule has 0 saturated heterocycles. The second-order valence-corrected chi connectivity index (χ2v) is 6.51. The summed E-state index contributed by atoms with van der Waals surface area (Å²) >= 11 is 5.84. The zero-order chi connectivity index (χ0) is 18.9. The Morgan fingerprint density at radius 1 is 1.19 bits per heavy atom. The standard InChI is InChI=1S/C20H25ClN2O3/c1-15(18-6-4-5-7-19(18)25-3)22-20(24)14-23(2)12-13-26-17-10-8-16(21)9-11-17/h4-11,15H,12-14H2,1-3H3,(H,22,24). The number of amides is 1. The monoisotopic (exact) mass is 376 g/mol. The van der Waals surface area contributed by atoms with E-state index in [1.54, 1.807) is 19.2 Å². The van der Waals surface area contributed by atoms with Crippen LogP contribution < -0.4 is 14.8 Å². The highest BCUT2D eigenvalue weighted by Gasteiger charge is 2.14. The summed E-state index contributed by atoms with van der Waals surface area (Å²) in [6.07, 6.45) is 0. The number of para-hydroxylation sites is 1. The second kappa shape index (κ2) is 10.0. The predicted molar refractivity (Wildman–Crippen MR) is 104 cm³/mol. The molecule has 6 heteroatoms. The van der Waals surface area contributed by atoms with Gasteiger partial charge in [0.15, 0.2) is 0 Å². The molecule has 5 nitrogen and oxygen atoms in total. The molecule has 0 saturated carbocycles. The molecule has 0 aromatic heterocycles. The first-order valence-corrected chi connectivity index (χ1v) is 8.86. The lowest BCUT2D eigenvalue weighted by atomic mass is 10.1. The van der Waals surface area contributed by atoms with Gasteiger partial charge in [-0.05, 0) is 44.3 Å². The van der Waals surface area contributed by atoms with Crippen molar-refractivity contribution in [3.8, 4) is 11.5 Å². The van der Waals surface area contributed by atoms with Crippen molar-refractivity contribution in [1.82, 2.24) is 10.2 Å². The third kappa shape index (κ3) is 6.24. The van der Waals surface area contributed by atoms with Gasteiger partial charge < -0.3 is 14.8 Å². The molecule has 2 aromatic rings. The topological polar surface area (TPSA) is 50.8 Å². The predicted octanol–water partition coefficient (Wildman–Crippen LogP) is 3.54. The molecular weight excluding hydrogens is 352 g/mol. The molecule has 0 fully saturated rings. The van der Waals surface area contributed by atoms with E-state index >= 15 is 0 Å². The van der Waals surface area contributed by atoms with E-state index in [2.05, 4.69) is 5.32 Å². The average molecular weight is 377 g/mol. The fraction of sp³-hybridized carbons (Fsp3) is 0.350. The van der Waals surface area contributed by atoms with Crippen LogP contribution in [-0.2, 0) is 4.79 Å². The summed E-state index contributed by atoms with van der Waals surface area (Å²) in [7, 11) is 3.51. The zero-order valence-corrected chi connectivity index (χ0v) is 16.1. The number of nitrogens with one attached hydrogen (secondary N) is 1. The van der Waals surface area contributed by atoms with E-state index in [0.29, 0.717) is 24.7 Å². The van der Waals surface area contributed by atoms with Crippen molar-refractivity contribution in [3.05, 3.63) is 59.1 Å². The van der Waals surface area contributed by atoms with Crippen molar-refractivity contribution >= 4 is 17.5 Å². The van der Waals surface area contributed by atoms with Gasteiger partial charge in [-0.25, -0.2) is 0 Å². The lowest BCUT2D eigenvalue weighted by Crippen LogP contribution is -2.38. The minimum atomic E-state index is -0.127. The zero-order valence-electron chi connectivity index (χ0n) is 15.4. The second-order valence-electron chi connectivity index (χ2n) is 6.07. The first-order chi connectivity index (χ1) is 12.5. The first-order valence-electron chi connectivity index (χ1n) is 8.48. The van der Waals surface area contributed by atoms with E-state index in [0.717, 1.165) is 17.1 Å². The fourth-order valence-corrected chi connectivity index (χ4v) is 2.69. The van der Waals surface area contributed by atoms with E-state index in [9.17, 15) is 4.79 Å².